The molecule has 2 aliphatic rings. The lowest BCUT2D eigenvalue weighted by molar-refractivity contribution is -0.116. The van der Waals surface area contributed by atoms with E-state index in [4.69, 9.17) is 0 Å². The van der Waals surface area contributed by atoms with E-state index in [0.29, 0.717) is 12.2 Å². The number of nitrogens with one attached hydrogen (secondary N) is 1. The largest absolute Gasteiger partial charge is 0.322 e. The number of carbonyl (C=O) groups is 2. The van der Waals surface area contributed by atoms with Gasteiger partial charge in [0.1, 0.15) is 0 Å². The summed E-state index contributed by atoms with van der Waals surface area (Å²) in [6, 6.07) is 22.3. The number of hydrogen-bond donors (Lipinski definition) is 1. The van der Waals surface area contributed by atoms with Crippen molar-refractivity contribution in [2.45, 2.75) is 39.3 Å². The third kappa shape index (κ3) is 4.38. The molecule has 0 fully saturated rings. The quantitative estimate of drug-likeness (QED) is 0.409. The van der Waals surface area contributed by atoms with Crippen molar-refractivity contribution in [2.24, 2.45) is 0 Å². The number of pyridine rings is 1. The standard InChI is InChI=1S/C31H30N4O2/c1-20-17-35(21(2)36)30-16-24(10-11-25(20)30)33-31(37)28-8-5-6-22-18-34(15-13-26(22)28)19-23-12-14-32-29-9-4-3-7-27(23)29/h3-12,14,16,20H,13,15,17-19H2,1-2H3,(H,33,37). The van der Waals surface area contributed by atoms with Crippen molar-refractivity contribution in [1.29, 1.82) is 0 Å². The average molecular weight is 491 g/mol. The lowest BCUT2D eigenvalue weighted by Crippen LogP contribution is -2.31. The molecule has 0 radical (unpaired) electrons. The van der Waals surface area contributed by atoms with Crippen LogP contribution in [0, 0.1) is 0 Å². The molecule has 0 spiro atoms. The van der Waals surface area contributed by atoms with Gasteiger partial charge in [-0.2, -0.15) is 0 Å². The van der Waals surface area contributed by atoms with Gasteiger partial charge in [-0.3, -0.25) is 19.5 Å². The molecule has 6 rings (SSSR count). The maximum atomic E-state index is 13.4. The number of benzene rings is 3. The van der Waals surface area contributed by atoms with Gasteiger partial charge in [0.05, 0.1) is 5.52 Å². The molecule has 3 aromatic carbocycles. The molecular weight excluding hydrogens is 460 g/mol. The number of nitrogens with zero attached hydrogens (tertiary/aromatic N) is 3. The Morgan fingerprint density at radius 2 is 1.92 bits per heavy atom. The van der Waals surface area contributed by atoms with Crippen molar-refractivity contribution in [3.8, 4) is 0 Å². The maximum Gasteiger partial charge on any atom is 0.255 e. The lowest BCUT2D eigenvalue weighted by Gasteiger charge is -2.30. The van der Waals surface area contributed by atoms with Crippen LogP contribution in [-0.2, 0) is 24.3 Å². The zero-order chi connectivity index (χ0) is 25.5. The normalized spacial score (nSPS) is 16.9. The van der Waals surface area contributed by atoms with Gasteiger partial charge in [-0.15, -0.1) is 0 Å². The Morgan fingerprint density at radius 3 is 2.78 bits per heavy atom. The van der Waals surface area contributed by atoms with Gasteiger partial charge < -0.3 is 10.2 Å². The molecule has 2 amide bonds. The molecule has 1 unspecified atom stereocenters. The van der Waals surface area contributed by atoms with Gasteiger partial charge in [0.15, 0.2) is 0 Å². The number of para-hydroxylation sites is 1. The first-order valence-electron chi connectivity index (χ1n) is 12.9. The molecule has 1 atom stereocenters. The molecule has 2 aliphatic heterocycles. The van der Waals surface area contributed by atoms with Crippen LogP contribution in [0.3, 0.4) is 0 Å². The molecule has 1 N–H and O–H groups in total. The summed E-state index contributed by atoms with van der Waals surface area (Å²) in [6.45, 7) is 6.93. The second-order valence-electron chi connectivity index (χ2n) is 10.1. The molecule has 6 heteroatoms. The van der Waals surface area contributed by atoms with Gasteiger partial charge in [-0.25, -0.2) is 0 Å². The van der Waals surface area contributed by atoms with Crippen molar-refractivity contribution in [2.75, 3.05) is 23.3 Å². The van der Waals surface area contributed by atoms with Crippen LogP contribution in [0.25, 0.3) is 10.9 Å². The second-order valence-corrected chi connectivity index (χ2v) is 10.1. The van der Waals surface area contributed by atoms with Gasteiger partial charge in [-0.1, -0.05) is 43.3 Å². The van der Waals surface area contributed by atoms with Gasteiger partial charge in [0, 0.05) is 67.5 Å². The fourth-order valence-electron chi connectivity index (χ4n) is 5.79. The van der Waals surface area contributed by atoms with E-state index in [9.17, 15) is 9.59 Å². The molecule has 0 saturated carbocycles. The lowest BCUT2D eigenvalue weighted by atomic mass is 9.93. The van der Waals surface area contributed by atoms with Crippen LogP contribution in [0.5, 0.6) is 0 Å². The van der Waals surface area contributed by atoms with E-state index >= 15 is 0 Å². The van der Waals surface area contributed by atoms with Crippen LogP contribution in [0.2, 0.25) is 0 Å². The van der Waals surface area contributed by atoms with Crippen LogP contribution in [0.1, 0.15) is 52.4 Å². The van der Waals surface area contributed by atoms with Crippen molar-refractivity contribution in [3.63, 3.8) is 0 Å². The molecular formula is C31H30N4O2. The van der Waals surface area contributed by atoms with Gasteiger partial charge >= 0.3 is 0 Å². The highest BCUT2D eigenvalue weighted by molar-refractivity contribution is 6.06. The second kappa shape index (κ2) is 9.45. The molecule has 0 aliphatic carbocycles. The minimum Gasteiger partial charge on any atom is -0.322 e. The Labute approximate surface area is 216 Å². The summed E-state index contributed by atoms with van der Waals surface area (Å²) in [5.74, 6) is 0.208. The van der Waals surface area contributed by atoms with E-state index in [1.165, 1.54) is 16.5 Å². The zero-order valence-corrected chi connectivity index (χ0v) is 21.2. The number of anilines is 2. The minimum absolute atomic E-state index is 0.0236. The molecule has 186 valence electrons. The highest BCUT2D eigenvalue weighted by Crippen LogP contribution is 2.38. The number of carbonyl (C=O) groups excluding carboxylic acids is 2. The summed E-state index contributed by atoms with van der Waals surface area (Å²) >= 11 is 0. The Kier molecular flexibility index (Phi) is 5.97. The van der Waals surface area contributed by atoms with Crippen LogP contribution in [-0.4, -0.2) is 34.8 Å². The fraction of sp³-hybridized carbons (Fsp3) is 0.258. The predicted octanol–water partition coefficient (Wildman–Crippen LogP) is 5.52. The summed E-state index contributed by atoms with van der Waals surface area (Å²) in [7, 11) is 0. The number of amides is 2. The van der Waals surface area contributed by atoms with E-state index in [-0.39, 0.29) is 17.7 Å². The molecule has 0 saturated heterocycles. The highest BCUT2D eigenvalue weighted by atomic mass is 16.2. The van der Waals surface area contributed by atoms with Crippen molar-refractivity contribution >= 4 is 34.1 Å². The first-order valence-corrected chi connectivity index (χ1v) is 12.9. The third-order valence-corrected chi connectivity index (χ3v) is 7.67. The first kappa shape index (κ1) is 23.4. The highest BCUT2D eigenvalue weighted by Gasteiger charge is 2.28. The van der Waals surface area contributed by atoms with Crippen LogP contribution in [0.15, 0.2) is 72.9 Å². The predicted molar refractivity (Wildman–Crippen MR) is 147 cm³/mol. The van der Waals surface area contributed by atoms with E-state index < -0.39 is 0 Å². The average Bonchev–Trinajstić information content (AvgIpc) is 3.24. The molecule has 6 nitrogen and oxygen atoms in total. The van der Waals surface area contributed by atoms with E-state index in [2.05, 4.69) is 52.5 Å². The molecule has 0 bridgehead atoms. The van der Waals surface area contributed by atoms with Crippen molar-refractivity contribution in [3.05, 3.63) is 101 Å². The molecule has 4 aromatic rings. The Morgan fingerprint density at radius 1 is 1.05 bits per heavy atom. The van der Waals surface area contributed by atoms with Crippen LogP contribution < -0.4 is 10.2 Å². The smallest absolute Gasteiger partial charge is 0.255 e. The number of hydrogen-bond acceptors (Lipinski definition) is 4. The Bertz CT molecular complexity index is 1520. The maximum absolute atomic E-state index is 13.4. The van der Waals surface area contributed by atoms with E-state index in [0.717, 1.165) is 53.9 Å². The van der Waals surface area contributed by atoms with Crippen molar-refractivity contribution < 1.29 is 9.59 Å². The summed E-state index contributed by atoms with van der Waals surface area (Å²) in [5, 5.41) is 4.28. The Hall–Kier alpha value is -4.03. The molecule has 37 heavy (non-hydrogen) atoms. The molecule has 3 heterocycles. The minimum atomic E-state index is -0.106. The number of fused-ring (bicyclic) bond motifs is 3. The van der Waals surface area contributed by atoms with Crippen LogP contribution >= 0.6 is 0 Å². The first-order chi connectivity index (χ1) is 18.0. The SMILES string of the molecule is CC(=O)N1CC(C)c2ccc(NC(=O)c3cccc4c3CCN(Cc3ccnc5ccccc35)C4)cc21. The summed E-state index contributed by atoms with van der Waals surface area (Å²) < 4.78 is 0. The van der Waals surface area contributed by atoms with E-state index in [1.54, 1.807) is 11.8 Å². The molecule has 1 aromatic heterocycles. The zero-order valence-electron chi connectivity index (χ0n) is 21.2. The summed E-state index contributed by atoms with van der Waals surface area (Å²) in [4.78, 5) is 34.2. The summed E-state index contributed by atoms with van der Waals surface area (Å²) in [5.41, 5.74) is 8.09. The topological polar surface area (TPSA) is 65.5 Å². The Balaban J connectivity index is 1.20. The van der Waals surface area contributed by atoms with Gasteiger partial charge in [0.25, 0.3) is 5.91 Å². The summed E-state index contributed by atoms with van der Waals surface area (Å²) in [6.07, 6.45) is 2.70. The van der Waals surface area contributed by atoms with Crippen LogP contribution in [0.4, 0.5) is 11.4 Å². The van der Waals surface area contributed by atoms with Crippen molar-refractivity contribution in [1.82, 2.24) is 9.88 Å². The van der Waals surface area contributed by atoms with Gasteiger partial charge in [-0.05, 0) is 59.0 Å². The van der Waals surface area contributed by atoms with E-state index in [1.807, 2.05) is 42.6 Å². The third-order valence-electron chi connectivity index (χ3n) is 7.67. The number of rotatable bonds is 4. The van der Waals surface area contributed by atoms with Gasteiger partial charge in [0.2, 0.25) is 5.91 Å². The monoisotopic (exact) mass is 490 g/mol. The fourth-order valence-corrected chi connectivity index (χ4v) is 5.79. The number of aromatic nitrogens is 1.